The average Bonchev–Trinajstić information content (AvgIpc) is 2.65. The van der Waals surface area contributed by atoms with Gasteiger partial charge in [-0.3, -0.25) is 24.4 Å². The van der Waals surface area contributed by atoms with E-state index in [1.165, 1.54) is 43.3 Å². The van der Waals surface area contributed by atoms with Crippen LogP contribution in [0.5, 0.6) is 0 Å². The van der Waals surface area contributed by atoms with E-state index < -0.39 is 26.4 Å². The minimum absolute atomic E-state index is 0.172. The van der Waals surface area contributed by atoms with Crippen LogP contribution in [0.4, 0.5) is 11.4 Å². The summed E-state index contributed by atoms with van der Waals surface area (Å²) in [6.45, 7) is 6.78. The first-order valence-corrected chi connectivity index (χ1v) is 10.7. The Hall–Kier alpha value is -3.47. The van der Waals surface area contributed by atoms with Gasteiger partial charge in [0.15, 0.2) is 0 Å². The monoisotopic (exact) mass is 448 g/mol. The van der Waals surface area contributed by atoms with Crippen LogP contribution >= 0.6 is 0 Å². The van der Waals surface area contributed by atoms with Gasteiger partial charge in [0.05, 0.1) is 16.4 Å². The molecular weight excluding hydrogens is 424 g/mol. The van der Waals surface area contributed by atoms with Gasteiger partial charge in [-0.15, -0.1) is 0 Å². The number of sulfonamides is 1. The minimum Gasteiger partial charge on any atom is -0.350 e. The van der Waals surface area contributed by atoms with Crippen LogP contribution in [0, 0.1) is 17.0 Å². The zero-order chi connectivity index (χ0) is 23.4. The maximum absolute atomic E-state index is 12.5. The Morgan fingerprint density at radius 3 is 2.23 bits per heavy atom. The number of rotatable bonds is 7. The summed E-state index contributed by atoms with van der Waals surface area (Å²) in [6.07, 6.45) is 0. The van der Waals surface area contributed by atoms with Gasteiger partial charge in [-0.05, 0) is 58.0 Å². The Balaban J connectivity index is 2.06. The van der Waals surface area contributed by atoms with Gasteiger partial charge in [-0.25, -0.2) is 8.42 Å². The van der Waals surface area contributed by atoms with Crippen molar-refractivity contribution in [2.45, 2.75) is 38.1 Å². The van der Waals surface area contributed by atoms with Gasteiger partial charge in [0.1, 0.15) is 0 Å². The number of aryl methyl sites for hydroxylation is 1. The van der Waals surface area contributed by atoms with Crippen LogP contribution in [0.2, 0.25) is 0 Å². The number of nitro groups is 1. The lowest BCUT2D eigenvalue weighted by Crippen LogP contribution is -2.45. The molecule has 11 heteroatoms. The third kappa shape index (κ3) is 6.78. The molecule has 2 aromatic carbocycles. The maximum Gasteiger partial charge on any atom is 0.273 e. The molecule has 0 radical (unpaired) electrons. The number of nitrogens with zero attached hydrogens (tertiary/aromatic N) is 1. The van der Waals surface area contributed by atoms with E-state index in [-0.39, 0.29) is 34.3 Å². The topological polar surface area (TPSA) is 148 Å². The second-order valence-corrected chi connectivity index (χ2v) is 9.55. The number of anilines is 1. The first-order chi connectivity index (χ1) is 14.3. The summed E-state index contributed by atoms with van der Waals surface area (Å²) in [5.74, 6) is -0.829. The summed E-state index contributed by atoms with van der Waals surface area (Å²) in [5.41, 5.74) is 0.0296. The second kappa shape index (κ2) is 9.13. The number of carbonyl (C=O) groups is 2. The van der Waals surface area contributed by atoms with E-state index in [2.05, 4.69) is 15.4 Å². The van der Waals surface area contributed by atoms with Crippen molar-refractivity contribution in [3.63, 3.8) is 0 Å². The van der Waals surface area contributed by atoms with Crippen molar-refractivity contribution in [2.75, 3.05) is 11.3 Å². The molecule has 31 heavy (non-hydrogen) atoms. The fraction of sp³-hybridized carbons (Fsp3) is 0.300. The highest BCUT2D eigenvalue weighted by Crippen LogP contribution is 2.24. The number of benzene rings is 2. The number of hydrogen-bond acceptors (Lipinski definition) is 6. The lowest BCUT2D eigenvalue weighted by molar-refractivity contribution is -0.385. The molecule has 0 aromatic heterocycles. The summed E-state index contributed by atoms with van der Waals surface area (Å²) in [6, 6.07) is 9.17. The number of hydrogen-bond donors (Lipinski definition) is 3. The molecule has 3 N–H and O–H groups in total. The summed E-state index contributed by atoms with van der Waals surface area (Å²) in [7, 11) is -4.07. The quantitative estimate of drug-likeness (QED) is 0.437. The van der Waals surface area contributed by atoms with Gasteiger partial charge in [0.2, 0.25) is 5.91 Å². The lowest BCUT2D eigenvalue weighted by Gasteiger charge is -2.20. The van der Waals surface area contributed by atoms with Gasteiger partial charge >= 0.3 is 0 Å². The molecule has 10 nitrogen and oxygen atoms in total. The highest BCUT2D eigenvalue weighted by molar-refractivity contribution is 7.92. The molecule has 0 aliphatic rings. The zero-order valence-corrected chi connectivity index (χ0v) is 18.4. The fourth-order valence-corrected chi connectivity index (χ4v) is 3.66. The highest BCUT2D eigenvalue weighted by Gasteiger charge is 2.20. The zero-order valence-electron chi connectivity index (χ0n) is 17.6. The van der Waals surface area contributed by atoms with Crippen LogP contribution in [0.1, 0.15) is 36.7 Å². The predicted octanol–water partition coefficient (Wildman–Crippen LogP) is 2.35. The van der Waals surface area contributed by atoms with Crippen molar-refractivity contribution in [3.05, 3.63) is 63.7 Å². The Bertz CT molecular complexity index is 1110. The van der Waals surface area contributed by atoms with Gasteiger partial charge in [0.25, 0.3) is 21.6 Å². The minimum atomic E-state index is -4.07. The summed E-state index contributed by atoms with van der Waals surface area (Å²) < 4.78 is 27.4. The molecule has 0 aliphatic carbocycles. The predicted molar refractivity (Wildman–Crippen MR) is 115 cm³/mol. The summed E-state index contributed by atoms with van der Waals surface area (Å²) in [5, 5.41) is 16.3. The standard InChI is InChI=1S/C20H24N4O6S/c1-13-5-10-16(11-17(13)24(27)28)31(29,30)23-15-8-6-14(7-9-15)19(26)21-12-18(25)22-20(2,3)4/h5-11,23H,12H2,1-4H3,(H,21,26)(H,22,25). The van der Waals surface area contributed by atoms with Crippen LogP contribution in [0.15, 0.2) is 47.4 Å². The smallest absolute Gasteiger partial charge is 0.273 e. The molecule has 0 saturated carbocycles. The van der Waals surface area contributed by atoms with E-state index in [1.807, 2.05) is 20.8 Å². The molecule has 0 spiro atoms. The van der Waals surface area contributed by atoms with Crippen LogP contribution < -0.4 is 15.4 Å². The van der Waals surface area contributed by atoms with Crippen molar-refractivity contribution in [1.29, 1.82) is 0 Å². The van der Waals surface area contributed by atoms with E-state index in [4.69, 9.17) is 0 Å². The van der Waals surface area contributed by atoms with Crippen LogP contribution in [-0.4, -0.2) is 37.2 Å². The first kappa shape index (κ1) is 23.8. The first-order valence-electron chi connectivity index (χ1n) is 9.26. The van der Waals surface area contributed by atoms with Gasteiger partial charge in [-0.1, -0.05) is 6.07 Å². The molecule has 166 valence electrons. The molecule has 0 fully saturated rings. The third-order valence-electron chi connectivity index (χ3n) is 4.01. The molecular formula is C20H24N4O6S. The molecule has 0 heterocycles. The molecule has 0 aliphatic heterocycles. The molecule has 2 rings (SSSR count). The Morgan fingerprint density at radius 1 is 1.06 bits per heavy atom. The average molecular weight is 449 g/mol. The van der Waals surface area contributed by atoms with Crippen LogP contribution in [-0.2, 0) is 14.8 Å². The third-order valence-corrected chi connectivity index (χ3v) is 5.39. The second-order valence-electron chi connectivity index (χ2n) is 7.87. The molecule has 0 unspecified atom stereocenters. The van der Waals surface area contributed by atoms with Gasteiger partial charge in [0, 0.05) is 28.4 Å². The molecule has 0 bridgehead atoms. The molecule has 0 saturated heterocycles. The number of amides is 2. The fourth-order valence-electron chi connectivity index (χ4n) is 2.58. The molecule has 2 aromatic rings. The Morgan fingerprint density at radius 2 is 1.68 bits per heavy atom. The number of carbonyl (C=O) groups excluding carboxylic acids is 2. The Labute approximate surface area is 180 Å². The van der Waals surface area contributed by atoms with E-state index in [1.54, 1.807) is 0 Å². The largest absolute Gasteiger partial charge is 0.350 e. The summed E-state index contributed by atoms with van der Waals surface area (Å²) >= 11 is 0. The van der Waals surface area contributed by atoms with Crippen molar-refractivity contribution in [3.8, 4) is 0 Å². The van der Waals surface area contributed by atoms with Crippen molar-refractivity contribution < 1.29 is 22.9 Å². The normalized spacial score (nSPS) is 11.5. The number of nitrogens with one attached hydrogen (secondary N) is 3. The number of nitro benzene ring substituents is 1. The van der Waals surface area contributed by atoms with E-state index in [0.29, 0.717) is 5.56 Å². The van der Waals surface area contributed by atoms with Gasteiger partial charge in [-0.2, -0.15) is 0 Å². The van der Waals surface area contributed by atoms with Crippen molar-refractivity contribution >= 4 is 33.2 Å². The maximum atomic E-state index is 12.5. The van der Waals surface area contributed by atoms with E-state index >= 15 is 0 Å². The Kier molecular flexibility index (Phi) is 7.01. The lowest BCUT2D eigenvalue weighted by atomic mass is 10.1. The van der Waals surface area contributed by atoms with E-state index in [9.17, 15) is 28.1 Å². The SMILES string of the molecule is Cc1ccc(S(=O)(=O)Nc2ccc(C(=O)NCC(=O)NC(C)(C)C)cc2)cc1[N+](=O)[O-]. The molecule has 2 amide bonds. The summed E-state index contributed by atoms with van der Waals surface area (Å²) in [4.78, 5) is 34.1. The van der Waals surface area contributed by atoms with E-state index in [0.717, 1.165) is 6.07 Å². The highest BCUT2D eigenvalue weighted by atomic mass is 32.2. The van der Waals surface area contributed by atoms with Crippen molar-refractivity contribution in [1.82, 2.24) is 10.6 Å². The van der Waals surface area contributed by atoms with Crippen LogP contribution in [0.25, 0.3) is 0 Å². The van der Waals surface area contributed by atoms with Gasteiger partial charge < -0.3 is 10.6 Å². The van der Waals surface area contributed by atoms with Crippen LogP contribution in [0.3, 0.4) is 0 Å². The van der Waals surface area contributed by atoms with Crippen molar-refractivity contribution in [2.24, 2.45) is 0 Å². The molecule has 0 atom stereocenters.